The molecule has 0 saturated heterocycles. The number of rotatable bonds is 5. The molecule has 1 aliphatic heterocycles. The van der Waals surface area contributed by atoms with Gasteiger partial charge >= 0.3 is 5.97 Å². The summed E-state index contributed by atoms with van der Waals surface area (Å²) in [7, 11) is 0. The van der Waals surface area contributed by atoms with E-state index in [1.807, 2.05) is 13.8 Å². The average Bonchev–Trinajstić information content (AvgIpc) is 3.07. The number of hydrogen-bond acceptors (Lipinski definition) is 6. The van der Waals surface area contributed by atoms with Crippen LogP contribution in [0.5, 0.6) is 0 Å². The number of aromatic nitrogens is 1. The molecule has 1 aliphatic rings. The molecular formula is C18H18FN3O5. The van der Waals surface area contributed by atoms with Crippen molar-refractivity contribution in [2.45, 2.75) is 32.1 Å². The SMILES string of the molecule is CC(C)c1cc(NC(=O)COC(=O)[C@H]2CC(=O)Nc3cc(F)ccc32)on1. The van der Waals surface area contributed by atoms with Crippen molar-refractivity contribution in [3.8, 4) is 0 Å². The second kappa shape index (κ2) is 7.56. The number of fused-ring (bicyclic) bond motifs is 1. The summed E-state index contributed by atoms with van der Waals surface area (Å²) >= 11 is 0. The quantitative estimate of drug-likeness (QED) is 0.777. The predicted octanol–water partition coefficient (Wildman–Crippen LogP) is 2.54. The zero-order valence-electron chi connectivity index (χ0n) is 14.7. The van der Waals surface area contributed by atoms with E-state index in [4.69, 9.17) is 9.26 Å². The Morgan fingerprint density at radius 3 is 2.89 bits per heavy atom. The summed E-state index contributed by atoms with van der Waals surface area (Å²) in [5.74, 6) is -2.92. The number of anilines is 2. The molecule has 2 heterocycles. The zero-order chi connectivity index (χ0) is 19.6. The number of halogens is 1. The van der Waals surface area contributed by atoms with Crippen molar-refractivity contribution in [1.29, 1.82) is 0 Å². The molecule has 1 atom stereocenters. The summed E-state index contributed by atoms with van der Waals surface area (Å²) in [6, 6.07) is 5.33. The number of esters is 1. The van der Waals surface area contributed by atoms with Crippen LogP contribution < -0.4 is 10.6 Å². The third-order valence-corrected chi connectivity index (χ3v) is 4.07. The molecule has 2 aromatic rings. The van der Waals surface area contributed by atoms with Gasteiger partial charge in [-0.15, -0.1) is 0 Å². The van der Waals surface area contributed by atoms with Gasteiger partial charge in [-0.25, -0.2) is 4.39 Å². The summed E-state index contributed by atoms with van der Waals surface area (Å²) in [5, 5.41) is 8.75. The molecule has 2 N–H and O–H groups in total. The van der Waals surface area contributed by atoms with Crippen molar-refractivity contribution in [3.05, 3.63) is 41.3 Å². The summed E-state index contributed by atoms with van der Waals surface area (Å²) in [5.41, 5.74) is 1.35. The maximum Gasteiger partial charge on any atom is 0.314 e. The van der Waals surface area contributed by atoms with E-state index in [1.165, 1.54) is 12.1 Å². The van der Waals surface area contributed by atoms with Crippen molar-refractivity contribution in [1.82, 2.24) is 5.16 Å². The van der Waals surface area contributed by atoms with Crippen LogP contribution in [0.1, 0.15) is 43.4 Å². The Hall–Kier alpha value is -3.23. The van der Waals surface area contributed by atoms with E-state index in [9.17, 15) is 18.8 Å². The Morgan fingerprint density at radius 2 is 2.19 bits per heavy atom. The number of nitrogens with zero attached hydrogens (tertiary/aromatic N) is 1. The van der Waals surface area contributed by atoms with Crippen LogP contribution in [0.4, 0.5) is 16.0 Å². The van der Waals surface area contributed by atoms with Crippen molar-refractivity contribution in [2.24, 2.45) is 0 Å². The lowest BCUT2D eigenvalue weighted by Gasteiger charge is -2.24. The zero-order valence-corrected chi connectivity index (χ0v) is 14.7. The van der Waals surface area contributed by atoms with Gasteiger partial charge in [0.1, 0.15) is 5.82 Å². The molecule has 3 rings (SSSR count). The first kappa shape index (κ1) is 18.6. The number of benzene rings is 1. The van der Waals surface area contributed by atoms with E-state index in [0.717, 1.165) is 6.07 Å². The molecule has 0 spiro atoms. The molecule has 0 unspecified atom stereocenters. The maximum absolute atomic E-state index is 13.3. The van der Waals surface area contributed by atoms with Gasteiger partial charge in [0, 0.05) is 18.2 Å². The monoisotopic (exact) mass is 375 g/mol. The Bertz CT molecular complexity index is 893. The molecule has 1 aromatic carbocycles. The molecule has 9 heteroatoms. The Morgan fingerprint density at radius 1 is 1.41 bits per heavy atom. The normalized spacial score (nSPS) is 15.9. The number of nitrogens with one attached hydrogen (secondary N) is 2. The van der Waals surface area contributed by atoms with E-state index in [2.05, 4.69) is 15.8 Å². The molecule has 0 saturated carbocycles. The highest BCUT2D eigenvalue weighted by Gasteiger charge is 2.32. The molecule has 0 fully saturated rings. The highest BCUT2D eigenvalue weighted by molar-refractivity contribution is 6.00. The molecule has 0 bridgehead atoms. The first-order valence-corrected chi connectivity index (χ1v) is 8.36. The predicted molar refractivity (Wildman–Crippen MR) is 92.6 cm³/mol. The van der Waals surface area contributed by atoms with Gasteiger partial charge in [0.25, 0.3) is 5.91 Å². The lowest BCUT2D eigenvalue weighted by Crippen LogP contribution is -2.30. The van der Waals surface area contributed by atoms with Crippen molar-refractivity contribution < 1.29 is 28.0 Å². The van der Waals surface area contributed by atoms with Crippen molar-refractivity contribution >= 4 is 29.4 Å². The number of carbonyl (C=O) groups is 3. The minimum atomic E-state index is -0.903. The molecule has 8 nitrogen and oxygen atoms in total. The smallest absolute Gasteiger partial charge is 0.314 e. The topological polar surface area (TPSA) is 111 Å². The highest BCUT2D eigenvalue weighted by atomic mass is 19.1. The van der Waals surface area contributed by atoms with Gasteiger partial charge in [-0.2, -0.15) is 0 Å². The van der Waals surface area contributed by atoms with E-state index in [1.54, 1.807) is 6.07 Å². The van der Waals surface area contributed by atoms with Gasteiger partial charge in [-0.05, 0) is 23.6 Å². The van der Waals surface area contributed by atoms with Gasteiger partial charge in [-0.3, -0.25) is 19.7 Å². The third kappa shape index (κ3) is 4.30. The van der Waals surface area contributed by atoms with Crippen LogP contribution in [0.25, 0.3) is 0 Å². The van der Waals surface area contributed by atoms with E-state index >= 15 is 0 Å². The Kier molecular flexibility index (Phi) is 5.20. The van der Waals surface area contributed by atoms with Gasteiger partial charge < -0.3 is 14.6 Å². The fraction of sp³-hybridized carbons (Fsp3) is 0.333. The van der Waals surface area contributed by atoms with E-state index in [-0.39, 0.29) is 23.9 Å². The standard InChI is InChI=1S/C18H18FN3O5/c1-9(2)13-7-17(27-22-13)21-16(24)8-26-18(25)12-6-15(23)20-14-5-10(19)3-4-11(12)14/h3-5,7,9,12H,6,8H2,1-2H3,(H,20,23)(H,21,24)/t12-/m0/s1. The van der Waals surface area contributed by atoms with Crippen molar-refractivity contribution in [2.75, 3.05) is 17.2 Å². The van der Waals surface area contributed by atoms with Crippen LogP contribution in [0.2, 0.25) is 0 Å². The summed E-state index contributed by atoms with van der Waals surface area (Å²) in [4.78, 5) is 36.0. The average molecular weight is 375 g/mol. The van der Waals surface area contributed by atoms with Crippen LogP contribution in [0.15, 0.2) is 28.8 Å². The summed E-state index contributed by atoms with van der Waals surface area (Å²) in [6.07, 6.45) is -0.140. The number of amides is 2. The number of carbonyl (C=O) groups excluding carboxylic acids is 3. The van der Waals surface area contributed by atoms with E-state index < -0.39 is 36.1 Å². The molecule has 27 heavy (non-hydrogen) atoms. The highest BCUT2D eigenvalue weighted by Crippen LogP contribution is 2.33. The van der Waals surface area contributed by atoms with E-state index in [0.29, 0.717) is 11.3 Å². The molecular weight excluding hydrogens is 357 g/mol. The number of ether oxygens (including phenoxy) is 1. The second-order valence-electron chi connectivity index (χ2n) is 6.46. The Balaban J connectivity index is 1.60. The fourth-order valence-corrected chi connectivity index (χ4v) is 2.68. The molecule has 1 aromatic heterocycles. The van der Waals surface area contributed by atoms with Gasteiger partial charge in [0.2, 0.25) is 11.8 Å². The maximum atomic E-state index is 13.3. The lowest BCUT2D eigenvalue weighted by molar-refractivity contribution is -0.149. The largest absolute Gasteiger partial charge is 0.455 e. The third-order valence-electron chi connectivity index (χ3n) is 4.07. The minimum Gasteiger partial charge on any atom is -0.455 e. The van der Waals surface area contributed by atoms with Crippen LogP contribution in [-0.4, -0.2) is 29.5 Å². The summed E-state index contributed by atoms with van der Waals surface area (Å²) in [6.45, 7) is 3.30. The molecule has 142 valence electrons. The van der Waals surface area contributed by atoms with Gasteiger partial charge in [0.05, 0.1) is 11.6 Å². The van der Waals surface area contributed by atoms with Crippen LogP contribution >= 0.6 is 0 Å². The van der Waals surface area contributed by atoms with Crippen LogP contribution in [0.3, 0.4) is 0 Å². The van der Waals surface area contributed by atoms with Gasteiger partial charge in [0.15, 0.2) is 6.61 Å². The van der Waals surface area contributed by atoms with Gasteiger partial charge in [-0.1, -0.05) is 25.1 Å². The van der Waals surface area contributed by atoms with Crippen LogP contribution in [0, 0.1) is 5.82 Å². The number of hydrogen-bond donors (Lipinski definition) is 2. The van der Waals surface area contributed by atoms with Crippen molar-refractivity contribution in [3.63, 3.8) is 0 Å². The lowest BCUT2D eigenvalue weighted by atomic mass is 9.90. The first-order chi connectivity index (χ1) is 12.8. The fourth-order valence-electron chi connectivity index (χ4n) is 2.68. The molecule has 0 aliphatic carbocycles. The Labute approximate surface area is 154 Å². The molecule has 0 radical (unpaired) electrons. The summed E-state index contributed by atoms with van der Waals surface area (Å²) < 4.78 is 23.3. The minimum absolute atomic E-state index is 0.139. The second-order valence-corrected chi connectivity index (χ2v) is 6.46. The first-order valence-electron chi connectivity index (χ1n) is 8.36. The van der Waals surface area contributed by atoms with Crippen LogP contribution in [-0.2, 0) is 19.1 Å². The molecule has 2 amide bonds.